The van der Waals surface area contributed by atoms with E-state index in [2.05, 4.69) is 0 Å². The van der Waals surface area contributed by atoms with E-state index in [1.807, 2.05) is 30.3 Å². The van der Waals surface area contributed by atoms with Crippen LogP contribution in [0.5, 0.6) is 0 Å². The molecule has 16 heavy (non-hydrogen) atoms. The third kappa shape index (κ3) is 2.00. The van der Waals surface area contributed by atoms with Gasteiger partial charge in [-0.1, -0.05) is 30.3 Å². The predicted octanol–water partition coefficient (Wildman–Crippen LogP) is 1.67. The molecule has 0 radical (unpaired) electrons. The number of hydrogen-bond acceptors (Lipinski definition) is 4. The minimum atomic E-state index is -0.573. The number of carbonyl (C=O) groups is 2. The summed E-state index contributed by atoms with van der Waals surface area (Å²) in [6.07, 6.45) is 1.64. The van der Waals surface area contributed by atoms with E-state index in [1.54, 1.807) is 6.08 Å². The Labute approximate surface area is 96.6 Å². The average Bonchev–Trinajstić information content (AvgIpc) is 2.55. The van der Waals surface area contributed by atoms with Crippen LogP contribution in [-0.4, -0.2) is 27.9 Å². The van der Waals surface area contributed by atoms with Crippen LogP contribution in [0.15, 0.2) is 35.2 Å². The standard InChI is InChI=1S/C11H9NO3S/c13-7-12-10(14)9(16-11(12)15)6-8-4-2-1-3-5-8/h1-6,13H,7H2. The fourth-order valence-corrected chi connectivity index (χ4v) is 2.15. The molecule has 1 aliphatic heterocycles. The highest BCUT2D eigenvalue weighted by atomic mass is 32.2. The topological polar surface area (TPSA) is 57.6 Å². The van der Waals surface area contributed by atoms with Crippen LogP contribution in [0.4, 0.5) is 4.79 Å². The van der Waals surface area contributed by atoms with Gasteiger partial charge in [0.1, 0.15) is 6.73 Å². The van der Waals surface area contributed by atoms with E-state index in [0.717, 1.165) is 22.2 Å². The molecule has 1 saturated heterocycles. The second-order valence-corrected chi connectivity index (χ2v) is 4.16. The molecule has 0 unspecified atom stereocenters. The molecule has 0 atom stereocenters. The Kier molecular flexibility index (Phi) is 3.07. The molecule has 1 N–H and O–H groups in total. The lowest BCUT2D eigenvalue weighted by atomic mass is 10.2. The molecule has 1 aromatic rings. The van der Waals surface area contributed by atoms with E-state index in [9.17, 15) is 9.59 Å². The molecule has 2 amide bonds. The zero-order chi connectivity index (χ0) is 11.5. The second kappa shape index (κ2) is 4.51. The first kappa shape index (κ1) is 10.9. The van der Waals surface area contributed by atoms with Crippen molar-refractivity contribution in [1.82, 2.24) is 4.90 Å². The summed E-state index contributed by atoms with van der Waals surface area (Å²) in [6.45, 7) is -0.573. The van der Waals surface area contributed by atoms with Gasteiger partial charge in [0.05, 0.1) is 4.91 Å². The Bertz CT molecular complexity index is 456. The number of carbonyl (C=O) groups excluding carboxylic acids is 2. The van der Waals surface area contributed by atoms with E-state index in [1.165, 1.54) is 0 Å². The molecule has 82 valence electrons. The van der Waals surface area contributed by atoms with Crippen LogP contribution in [0.2, 0.25) is 0 Å². The molecule has 0 aliphatic carbocycles. The summed E-state index contributed by atoms with van der Waals surface area (Å²) in [6, 6.07) is 9.25. The number of imide groups is 1. The van der Waals surface area contributed by atoms with Crippen molar-refractivity contribution in [3.05, 3.63) is 40.8 Å². The van der Waals surface area contributed by atoms with Crippen molar-refractivity contribution in [3.8, 4) is 0 Å². The minimum absolute atomic E-state index is 0.338. The van der Waals surface area contributed by atoms with Crippen LogP contribution >= 0.6 is 11.8 Å². The lowest BCUT2D eigenvalue weighted by Crippen LogP contribution is -2.28. The lowest BCUT2D eigenvalue weighted by molar-refractivity contribution is -0.125. The molecular formula is C11H9NO3S. The average molecular weight is 235 g/mol. The van der Waals surface area contributed by atoms with Crippen LogP contribution < -0.4 is 0 Å². The number of benzene rings is 1. The van der Waals surface area contributed by atoms with E-state index in [4.69, 9.17) is 5.11 Å². The number of nitrogens with zero attached hydrogens (tertiary/aromatic N) is 1. The summed E-state index contributed by atoms with van der Waals surface area (Å²) in [4.78, 5) is 24.0. The molecule has 0 saturated carbocycles. The fourth-order valence-electron chi connectivity index (χ4n) is 1.32. The number of aliphatic hydroxyl groups is 1. The Morgan fingerprint density at radius 1 is 1.25 bits per heavy atom. The second-order valence-electron chi connectivity index (χ2n) is 3.16. The van der Waals surface area contributed by atoms with Crippen molar-refractivity contribution in [2.24, 2.45) is 0 Å². The number of hydrogen-bond donors (Lipinski definition) is 1. The van der Waals surface area contributed by atoms with E-state index >= 15 is 0 Å². The van der Waals surface area contributed by atoms with Gasteiger partial charge in [-0.05, 0) is 23.4 Å². The molecule has 0 aromatic heterocycles. The summed E-state index contributed by atoms with van der Waals surface area (Å²) >= 11 is 0.840. The maximum atomic E-state index is 11.6. The molecule has 0 spiro atoms. The van der Waals surface area contributed by atoms with E-state index < -0.39 is 17.9 Å². The fraction of sp³-hybridized carbons (Fsp3) is 0.0909. The van der Waals surface area contributed by atoms with Crippen molar-refractivity contribution >= 4 is 29.0 Å². The van der Waals surface area contributed by atoms with Gasteiger partial charge in [0.25, 0.3) is 11.1 Å². The lowest BCUT2D eigenvalue weighted by Gasteiger charge is -2.05. The monoisotopic (exact) mass is 235 g/mol. The Hall–Kier alpha value is -1.59. The molecule has 1 aromatic carbocycles. The number of aliphatic hydroxyl groups excluding tert-OH is 1. The summed E-state index contributed by atoms with van der Waals surface area (Å²) in [5.74, 6) is -0.443. The van der Waals surface area contributed by atoms with Gasteiger partial charge >= 0.3 is 0 Å². The van der Waals surface area contributed by atoms with Gasteiger partial charge in [0.15, 0.2) is 0 Å². The maximum Gasteiger partial charge on any atom is 0.295 e. The number of thioether (sulfide) groups is 1. The predicted molar refractivity (Wildman–Crippen MR) is 61.3 cm³/mol. The van der Waals surface area contributed by atoms with Gasteiger partial charge in [-0.2, -0.15) is 0 Å². The van der Waals surface area contributed by atoms with E-state index in [0.29, 0.717) is 4.91 Å². The van der Waals surface area contributed by atoms with Gasteiger partial charge in [-0.25, -0.2) is 4.90 Å². The van der Waals surface area contributed by atoms with Crippen molar-refractivity contribution in [3.63, 3.8) is 0 Å². The van der Waals surface area contributed by atoms with Gasteiger partial charge in [-0.15, -0.1) is 0 Å². The normalized spacial score (nSPS) is 18.6. The molecule has 1 heterocycles. The molecule has 4 nitrogen and oxygen atoms in total. The van der Waals surface area contributed by atoms with Crippen LogP contribution in [-0.2, 0) is 4.79 Å². The summed E-state index contributed by atoms with van der Waals surface area (Å²) in [7, 11) is 0. The summed E-state index contributed by atoms with van der Waals surface area (Å²) in [5, 5.41) is 8.40. The van der Waals surface area contributed by atoms with Crippen LogP contribution in [0.1, 0.15) is 5.56 Å². The van der Waals surface area contributed by atoms with Crippen molar-refractivity contribution in [2.45, 2.75) is 0 Å². The SMILES string of the molecule is O=C1SC(=Cc2ccccc2)C(=O)N1CO. The van der Waals surface area contributed by atoms with Crippen LogP contribution in [0.25, 0.3) is 6.08 Å². The third-order valence-electron chi connectivity index (χ3n) is 2.11. The van der Waals surface area contributed by atoms with Crippen LogP contribution in [0, 0.1) is 0 Å². The van der Waals surface area contributed by atoms with Gasteiger partial charge in [0, 0.05) is 0 Å². The van der Waals surface area contributed by atoms with Crippen molar-refractivity contribution < 1.29 is 14.7 Å². The maximum absolute atomic E-state index is 11.6. The molecular weight excluding hydrogens is 226 g/mol. The van der Waals surface area contributed by atoms with Gasteiger partial charge < -0.3 is 5.11 Å². The number of amides is 2. The Morgan fingerprint density at radius 3 is 2.50 bits per heavy atom. The van der Waals surface area contributed by atoms with E-state index in [-0.39, 0.29) is 0 Å². The van der Waals surface area contributed by atoms with Gasteiger partial charge in [-0.3, -0.25) is 9.59 Å². The first-order valence-electron chi connectivity index (χ1n) is 4.63. The van der Waals surface area contributed by atoms with Crippen molar-refractivity contribution in [2.75, 3.05) is 6.73 Å². The molecule has 1 aliphatic rings. The molecule has 5 heteroatoms. The summed E-state index contributed by atoms with van der Waals surface area (Å²) < 4.78 is 0. The highest BCUT2D eigenvalue weighted by Crippen LogP contribution is 2.31. The molecule has 1 fully saturated rings. The summed E-state index contributed by atoms with van der Waals surface area (Å²) in [5.41, 5.74) is 0.853. The Balaban J connectivity index is 2.27. The quantitative estimate of drug-likeness (QED) is 0.792. The highest BCUT2D eigenvalue weighted by molar-refractivity contribution is 8.18. The molecule has 0 bridgehead atoms. The number of rotatable bonds is 2. The first-order valence-corrected chi connectivity index (χ1v) is 5.45. The highest BCUT2D eigenvalue weighted by Gasteiger charge is 2.34. The molecule has 2 rings (SSSR count). The first-order chi connectivity index (χ1) is 7.72. The largest absolute Gasteiger partial charge is 0.376 e. The Morgan fingerprint density at radius 2 is 1.94 bits per heavy atom. The van der Waals surface area contributed by atoms with Crippen LogP contribution in [0.3, 0.4) is 0 Å². The third-order valence-corrected chi connectivity index (χ3v) is 3.02. The zero-order valence-electron chi connectivity index (χ0n) is 8.29. The smallest absolute Gasteiger partial charge is 0.295 e. The van der Waals surface area contributed by atoms with Crippen molar-refractivity contribution in [1.29, 1.82) is 0 Å². The van der Waals surface area contributed by atoms with Gasteiger partial charge in [0.2, 0.25) is 0 Å². The zero-order valence-corrected chi connectivity index (χ0v) is 9.11. The minimum Gasteiger partial charge on any atom is -0.376 e.